The van der Waals surface area contributed by atoms with Crippen LogP contribution in [0.5, 0.6) is 0 Å². The van der Waals surface area contributed by atoms with Gasteiger partial charge in [0.25, 0.3) is 0 Å². The van der Waals surface area contributed by atoms with Crippen LogP contribution in [0.2, 0.25) is 0 Å². The van der Waals surface area contributed by atoms with Crippen molar-refractivity contribution in [1.82, 2.24) is 9.80 Å². The first-order valence-corrected chi connectivity index (χ1v) is 6.51. The Kier molecular flexibility index (Phi) is 4.00. The molecule has 1 atom stereocenters. The predicted octanol–water partition coefficient (Wildman–Crippen LogP) is 0.751. The summed E-state index contributed by atoms with van der Waals surface area (Å²) in [5.41, 5.74) is 5.70. The maximum Gasteiger partial charge on any atom is 0.0137 e. The molecule has 0 aromatic heterocycles. The second-order valence-electron chi connectivity index (χ2n) is 4.95. The fraction of sp³-hybridized carbons (Fsp3) is 1.00. The van der Waals surface area contributed by atoms with Crippen molar-refractivity contribution in [1.29, 1.82) is 0 Å². The van der Waals surface area contributed by atoms with Crippen LogP contribution in [-0.4, -0.2) is 55.1 Å². The van der Waals surface area contributed by atoms with Crippen LogP contribution in [0.4, 0.5) is 0 Å². The zero-order valence-corrected chi connectivity index (χ0v) is 9.99. The van der Waals surface area contributed by atoms with Gasteiger partial charge in [-0.25, -0.2) is 0 Å². The molecule has 2 bridgehead atoms. The highest BCUT2D eigenvalue weighted by atomic mass is 15.2. The third-order valence-electron chi connectivity index (χ3n) is 4.21. The van der Waals surface area contributed by atoms with Crippen molar-refractivity contribution in [3.63, 3.8) is 0 Å². The minimum Gasteiger partial charge on any atom is -0.329 e. The first-order chi connectivity index (χ1) is 7.35. The number of hydrogen-bond donors (Lipinski definition) is 1. The second kappa shape index (κ2) is 5.28. The molecule has 3 nitrogen and oxygen atoms in total. The van der Waals surface area contributed by atoms with E-state index in [0.717, 1.165) is 25.0 Å². The average Bonchev–Trinajstić information content (AvgIpc) is 2.59. The molecule has 0 radical (unpaired) electrons. The summed E-state index contributed by atoms with van der Waals surface area (Å²) in [5, 5.41) is 0. The lowest BCUT2D eigenvalue weighted by molar-refractivity contribution is 0.135. The van der Waals surface area contributed by atoms with Gasteiger partial charge in [0.2, 0.25) is 0 Å². The van der Waals surface area contributed by atoms with Crippen molar-refractivity contribution >= 4 is 0 Å². The van der Waals surface area contributed by atoms with Crippen molar-refractivity contribution in [2.24, 2.45) is 11.7 Å². The van der Waals surface area contributed by atoms with Gasteiger partial charge in [-0.05, 0) is 51.4 Å². The Labute approximate surface area is 93.6 Å². The average molecular weight is 211 g/mol. The Hall–Kier alpha value is -0.120. The number of piperidine rings is 1. The molecule has 3 aliphatic heterocycles. The molecule has 2 N–H and O–H groups in total. The molecule has 3 aliphatic rings. The summed E-state index contributed by atoms with van der Waals surface area (Å²) in [6.07, 6.45) is 4.18. The molecule has 3 fully saturated rings. The van der Waals surface area contributed by atoms with Gasteiger partial charge >= 0.3 is 0 Å². The monoisotopic (exact) mass is 211 g/mol. The fourth-order valence-electron chi connectivity index (χ4n) is 3.32. The molecule has 0 spiro atoms. The van der Waals surface area contributed by atoms with Crippen LogP contribution < -0.4 is 5.73 Å². The van der Waals surface area contributed by atoms with Gasteiger partial charge in [0.15, 0.2) is 0 Å². The van der Waals surface area contributed by atoms with E-state index in [2.05, 4.69) is 16.7 Å². The van der Waals surface area contributed by atoms with Crippen LogP contribution in [0.25, 0.3) is 0 Å². The Morgan fingerprint density at radius 3 is 2.47 bits per heavy atom. The summed E-state index contributed by atoms with van der Waals surface area (Å²) in [6.45, 7) is 9.30. The number of likely N-dealkylation sites (N-methyl/N-ethyl adjacent to an activating group) is 1. The highest BCUT2D eigenvalue weighted by Crippen LogP contribution is 2.30. The molecule has 3 rings (SSSR count). The van der Waals surface area contributed by atoms with Crippen LogP contribution in [0.3, 0.4) is 0 Å². The highest BCUT2D eigenvalue weighted by molar-refractivity contribution is 4.88. The molecular weight excluding hydrogens is 186 g/mol. The molecule has 0 aromatic carbocycles. The van der Waals surface area contributed by atoms with Crippen molar-refractivity contribution in [2.75, 3.05) is 39.3 Å². The van der Waals surface area contributed by atoms with Gasteiger partial charge in [0.05, 0.1) is 0 Å². The molecule has 0 aliphatic carbocycles. The third-order valence-corrected chi connectivity index (χ3v) is 4.21. The minimum absolute atomic E-state index is 0.806. The smallest absolute Gasteiger partial charge is 0.0137 e. The molecule has 3 heterocycles. The van der Waals surface area contributed by atoms with E-state index < -0.39 is 0 Å². The summed E-state index contributed by atoms with van der Waals surface area (Å²) in [5.74, 6) is 0.940. The number of nitrogens with two attached hydrogens (primary N) is 1. The predicted molar refractivity (Wildman–Crippen MR) is 63.9 cm³/mol. The largest absolute Gasteiger partial charge is 0.329 e. The first-order valence-electron chi connectivity index (χ1n) is 6.51. The third kappa shape index (κ3) is 2.52. The zero-order chi connectivity index (χ0) is 10.7. The topological polar surface area (TPSA) is 32.5 Å². The van der Waals surface area contributed by atoms with E-state index >= 15 is 0 Å². The molecule has 1 unspecified atom stereocenters. The Morgan fingerprint density at radius 2 is 1.87 bits per heavy atom. The molecule has 3 saturated heterocycles. The van der Waals surface area contributed by atoms with Gasteiger partial charge in [-0.15, -0.1) is 0 Å². The molecule has 0 saturated carbocycles. The van der Waals surface area contributed by atoms with E-state index in [1.165, 1.54) is 45.4 Å². The molecule has 3 heteroatoms. The lowest BCUT2D eigenvalue weighted by Gasteiger charge is -2.35. The molecule has 15 heavy (non-hydrogen) atoms. The van der Waals surface area contributed by atoms with Crippen molar-refractivity contribution in [3.8, 4) is 0 Å². The van der Waals surface area contributed by atoms with Gasteiger partial charge < -0.3 is 10.6 Å². The van der Waals surface area contributed by atoms with Gasteiger partial charge in [0.1, 0.15) is 0 Å². The Balaban J connectivity index is 1.99. The van der Waals surface area contributed by atoms with Crippen molar-refractivity contribution in [3.05, 3.63) is 0 Å². The molecule has 0 aromatic rings. The molecule has 88 valence electrons. The van der Waals surface area contributed by atoms with Gasteiger partial charge in [0, 0.05) is 19.1 Å². The van der Waals surface area contributed by atoms with Gasteiger partial charge in [-0.1, -0.05) is 6.92 Å². The summed E-state index contributed by atoms with van der Waals surface area (Å²) >= 11 is 0. The number of hydrogen-bond acceptors (Lipinski definition) is 3. The zero-order valence-electron chi connectivity index (χ0n) is 9.99. The lowest BCUT2D eigenvalue weighted by atomic mass is 9.89. The van der Waals surface area contributed by atoms with Gasteiger partial charge in [-0.3, -0.25) is 4.90 Å². The fourth-order valence-corrected chi connectivity index (χ4v) is 3.32. The minimum atomic E-state index is 0.806. The van der Waals surface area contributed by atoms with Crippen molar-refractivity contribution in [2.45, 2.75) is 32.2 Å². The summed E-state index contributed by atoms with van der Waals surface area (Å²) in [6, 6.07) is 0.811. The highest BCUT2D eigenvalue weighted by Gasteiger charge is 2.33. The van der Waals surface area contributed by atoms with Crippen LogP contribution >= 0.6 is 0 Å². The molecular formula is C12H25N3. The normalized spacial score (nSPS) is 35.8. The van der Waals surface area contributed by atoms with E-state index in [1.54, 1.807) is 0 Å². The summed E-state index contributed by atoms with van der Waals surface area (Å²) < 4.78 is 0. The van der Waals surface area contributed by atoms with Crippen LogP contribution in [0.1, 0.15) is 26.2 Å². The number of fused-ring (bicyclic) bond motifs is 4. The van der Waals surface area contributed by atoms with E-state index in [-0.39, 0.29) is 0 Å². The summed E-state index contributed by atoms with van der Waals surface area (Å²) in [7, 11) is 0. The summed E-state index contributed by atoms with van der Waals surface area (Å²) in [4.78, 5) is 5.24. The Morgan fingerprint density at radius 1 is 1.20 bits per heavy atom. The maximum absolute atomic E-state index is 5.70. The van der Waals surface area contributed by atoms with E-state index in [0.29, 0.717) is 0 Å². The second-order valence-corrected chi connectivity index (χ2v) is 4.95. The maximum atomic E-state index is 5.70. The molecule has 0 amide bonds. The first kappa shape index (κ1) is 11.4. The SMILES string of the molecule is CCN(CCN)C1CCN2CCC1CC2. The van der Waals surface area contributed by atoms with E-state index in [9.17, 15) is 0 Å². The lowest BCUT2D eigenvalue weighted by Crippen LogP contribution is -2.43. The van der Waals surface area contributed by atoms with Crippen LogP contribution in [0, 0.1) is 5.92 Å². The van der Waals surface area contributed by atoms with Crippen LogP contribution in [0.15, 0.2) is 0 Å². The van der Waals surface area contributed by atoms with Crippen molar-refractivity contribution < 1.29 is 0 Å². The van der Waals surface area contributed by atoms with Gasteiger partial charge in [-0.2, -0.15) is 0 Å². The van der Waals surface area contributed by atoms with E-state index in [4.69, 9.17) is 5.73 Å². The quantitative estimate of drug-likeness (QED) is 0.745. The number of rotatable bonds is 4. The number of nitrogens with zero attached hydrogens (tertiary/aromatic N) is 2. The van der Waals surface area contributed by atoms with Crippen LogP contribution in [-0.2, 0) is 0 Å². The van der Waals surface area contributed by atoms with E-state index in [1.807, 2.05) is 0 Å². The standard InChI is InChI=1S/C12H25N3/c1-2-15(10-6-13)12-5-9-14-7-3-11(12)4-8-14/h11-12H,2-10,13H2,1H3. The Bertz CT molecular complexity index is 187.